The Hall–Kier alpha value is -2.14. The molecule has 0 amide bonds. The van der Waals surface area contributed by atoms with Crippen LogP contribution in [0.4, 0.5) is 0 Å². The highest BCUT2D eigenvalue weighted by Gasteiger charge is 2.19. The second-order valence-electron chi connectivity index (χ2n) is 6.10. The molecule has 2 aromatic heterocycles. The summed E-state index contributed by atoms with van der Waals surface area (Å²) in [6.45, 7) is 10.6. The van der Waals surface area contributed by atoms with E-state index in [1.54, 1.807) is 15.9 Å². The summed E-state index contributed by atoms with van der Waals surface area (Å²) in [5.41, 5.74) is 2.06. The van der Waals surface area contributed by atoms with Gasteiger partial charge in [0.15, 0.2) is 0 Å². The van der Waals surface area contributed by atoms with Gasteiger partial charge >= 0.3 is 0 Å². The fourth-order valence-corrected chi connectivity index (χ4v) is 4.20. The molecule has 0 N–H and O–H groups in total. The predicted molar refractivity (Wildman–Crippen MR) is 100 cm³/mol. The Morgan fingerprint density at radius 2 is 1.88 bits per heavy atom. The van der Waals surface area contributed by atoms with Gasteiger partial charge in [0.1, 0.15) is 16.4 Å². The molecule has 0 radical (unpaired) electrons. The van der Waals surface area contributed by atoms with Crippen LogP contribution in [0.3, 0.4) is 0 Å². The number of thiophene rings is 1. The van der Waals surface area contributed by atoms with Gasteiger partial charge in [0.05, 0.1) is 12.0 Å². The van der Waals surface area contributed by atoms with Gasteiger partial charge in [-0.2, -0.15) is 0 Å². The minimum atomic E-state index is 0.0423. The molecule has 0 spiro atoms. The van der Waals surface area contributed by atoms with E-state index < -0.39 is 0 Å². The average molecular weight is 342 g/mol. The van der Waals surface area contributed by atoms with Gasteiger partial charge in [-0.25, -0.2) is 4.98 Å². The van der Waals surface area contributed by atoms with E-state index in [4.69, 9.17) is 4.74 Å². The first-order valence-corrected chi connectivity index (χ1v) is 9.01. The Morgan fingerprint density at radius 3 is 2.46 bits per heavy atom. The zero-order valence-electron chi connectivity index (χ0n) is 14.7. The van der Waals surface area contributed by atoms with E-state index in [0.717, 1.165) is 37.8 Å². The van der Waals surface area contributed by atoms with Crippen LogP contribution in [0.5, 0.6) is 5.75 Å². The third-order valence-electron chi connectivity index (χ3n) is 4.08. The lowest BCUT2D eigenvalue weighted by Gasteiger charge is -2.13. The number of fused-ring (bicyclic) bond motifs is 1. The second kappa shape index (κ2) is 6.40. The van der Waals surface area contributed by atoms with Gasteiger partial charge in [-0.1, -0.05) is 12.1 Å². The van der Waals surface area contributed by atoms with Gasteiger partial charge in [0.25, 0.3) is 5.56 Å². The number of hydrogen-bond donors (Lipinski definition) is 0. The average Bonchev–Trinajstić information content (AvgIpc) is 2.84. The number of nitrogens with zero attached hydrogens (tertiary/aromatic N) is 2. The maximum atomic E-state index is 13.1. The summed E-state index contributed by atoms with van der Waals surface area (Å²) >= 11 is 1.58. The first kappa shape index (κ1) is 16.7. The molecule has 0 unspecified atom stereocenters. The zero-order valence-corrected chi connectivity index (χ0v) is 15.5. The summed E-state index contributed by atoms with van der Waals surface area (Å²) in [6, 6.07) is 8.01. The van der Waals surface area contributed by atoms with Crippen LogP contribution in [0.25, 0.3) is 21.3 Å². The highest BCUT2D eigenvalue weighted by atomic mass is 32.1. The van der Waals surface area contributed by atoms with Gasteiger partial charge in [-0.3, -0.25) is 9.36 Å². The van der Waals surface area contributed by atoms with Crippen molar-refractivity contribution < 1.29 is 4.74 Å². The number of aromatic nitrogens is 2. The standard InChI is InChI=1S/C19H22N2O2S/c1-6-23-15-9-7-14(8-10-15)16-12(4)24-18-17(16)19(22)21(11(2)3)13(5)20-18/h7-11H,6H2,1-5H3. The van der Waals surface area contributed by atoms with E-state index in [1.807, 2.05) is 58.9 Å². The summed E-state index contributed by atoms with van der Waals surface area (Å²) in [5.74, 6) is 1.61. The van der Waals surface area contributed by atoms with Crippen molar-refractivity contribution in [3.8, 4) is 16.9 Å². The van der Waals surface area contributed by atoms with Crippen LogP contribution in [-0.4, -0.2) is 16.2 Å². The maximum absolute atomic E-state index is 13.1. The SMILES string of the molecule is CCOc1ccc(-c2c(C)sc3nc(C)n(C(C)C)c(=O)c23)cc1. The Bertz CT molecular complexity index is 937. The number of aryl methyl sites for hydroxylation is 2. The van der Waals surface area contributed by atoms with Gasteiger partial charge in [-0.15, -0.1) is 11.3 Å². The second-order valence-corrected chi connectivity index (χ2v) is 7.30. The maximum Gasteiger partial charge on any atom is 0.263 e. The molecule has 24 heavy (non-hydrogen) atoms. The highest BCUT2D eigenvalue weighted by Crippen LogP contribution is 2.36. The van der Waals surface area contributed by atoms with Gasteiger partial charge in [0.2, 0.25) is 0 Å². The molecule has 1 aromatic carbocycles. The van der Waals surface area contributed by atoms with Crippen molar-refractivity contribution in [3.05, 3.63) is 45.3 Å². The van der Waals surface area contributed by atoms with E-state index in [2.05, 4.69) is 4.98 Å². The van der Waals surface area contributed by atoms with Crippen molar-refractivity contribution in [2.45, 2.75) is 40.7 Å². The van der Waals surface area contributed by atoms with E-state index in [1.165, 1.54) is 0 Å². The summed E-state index contributed by atoms with van der Waals surface area (Å²) in [6.07, 6.45) is 0. The molecular weight excluding hydrogens is 320 g/mol. The lowest BCUT2D eigenvalue weighted by atomic mass is 10.0. The molecule has 0 aliphatic rings. The monoisotopic (exact) mass is 342 g/mol. The molecule has 0 saturated carbocycles. The summed E-state index contributed by atoms with van der Waals surface area (Å²) in [5, 5.41) is 0.723. The predicted octanol–water partition coefficient (Wildman–Crippen LogP) is 4.72. The van der Waals surface area contributed by atoms with E-state index >= 15 is 0 Å². The van der Waals surface area contributed by atoms with Crippen molar-refractivity contribution in [2.24, 2.45) is 0 Å². The molecule has 3 rings (SSSR count). The Morgan fingerprint density at radius 1 is 1.21 bits per heavy atom. The van der Waals surface area contributed by atoms with Gasteiger partial charge in [0, 0.05) is 16.5 Å². The van der Waals surface area contributed by atoms with E-state index in [-0.39, 0.29) is 11.6 Å². The molecule has 0 aliphatic carbocycles. The summed E-state index contributed by atoms with van der Waals surface area (Å²) < 4.78 is 7.28. The van der Waals surface area contributed by atoms with E-state index in [9.17, 15) is 4.79 Å². The zero-order chi connectivity index (χ0) is 17.4. The van der Waals surface area contributed by atoms with Crippen molar-refractivity contribution in [1.82, 2.24) is 9.55 Å². The summed E-state index contributed by atoms with van der Waals surface area (Å²) in [4.78, 5) is 19.7. The fourth-order valence-electron chi connectivity index (χ4n) is 3.12. The van der Waals surface area contributed by atoms with Crippen LogP contribution in [0.1, 0.15) is 37.5 Å². The molecule has 3 aromatic rings. The molecule has 0 atom stereocenters. The fraction of sp³-hybridized carbons (Fsp3) is 0.368. The van der Waals surface area contributed by atoms with Crippen LogP contribution in [0, 0.1) is 13.8 Å². The Labute approximate surface area is 145 Å². The molecule has 0 fully saturated rings. The third kappa shape index (κ3) is 2.73. The number of rotatable bonds is 4. The Balaban J connectivity index is 2.26. The van der Waals surface area contributed by atoms with Crippen molar-refractivity contribution >= 4 is 21.6 Å². The number of hydrogen-bond acceptors (Lipinski definition) is 4. The van der Waals surface area contributed by atoms with Gasteiger partial charge in [-0.05, 0) is 52.3 Å². The van der Waals surface area contributed by atoms with E-state index in [0.29, 0.717) is 6.61 Å². The summed E-state index contributed by atoms with van der Waals surface area (Å²) in [7, 11) is 0. The number of ether oxygens (including phenoxy) is 1. The van der Waals surface area contributed by atoms with Gasteiger partial charge < -0.3 is 4.74 Å². The van der Waals surface area contributed by atoms with Crippen LogP contribution in [0.15, 0.2) is 29.1 Å². The van der Waals surface area contributed by atoms with Crippen molar-refractivity contribution in [2.75, 3.05) is 6.61 Å². The first-order chi connectivity index (χ1) is 11.4. The highest BCUT2D eigenvalue weighted by molar-refractivity contribution is 7.19. The van der Waals surface area contributed by atoms with Crippen LogP contribution >= 0.6 is 11.3 Å². The van der Waals surface area contributed by atoms with Crippen LogP contribution < -0.4 is 10.3 Å². The quantitative estimate of drug-likeness (QED) is 0.689. The normalized spacial score (nSPS) is 11.4. The lowest BCUT2D eigenvalue weighted by Crippen LogP contribution is -2.25. The molecule has 0 saturated heterocycles. The number of benzene rings is 1. The van der Waals surface area contributed by atoms with Crippen molar-refractivity contribution in [3.63, 3.8) is 0 Å². The minimum Gasteiger partial charge on any atom is -0.494 e. The van der Waals surface area contributed by atoms with Crippen molar-refractivity contribution in [1.29, 1.82) is 0 Å². The molecular formula is C19H22N2O2S. The smallest absolute Gasteiger partial charge is 0.263 e. The molecule has 2 heterocycles. The first-order valence-electron chi connectivity index (χ1n) is 8.19. The Kier molecular flexibility index (Phi) is 4.45. The molecule has 0 bridgehead atoms. The molecule has 4 nitrogen and oxygen atoms in total. The third-order valence-corrected chi connectivity index (χ3v) is 5.08. The molecule has 5 heteroatoms. The molecule has 0 aliphatic heterocycles. The van der Waals surface area contributed by atoms with Crippen LogP contribution in [-0.2, 0) is 0 Å². The molecule has 126 valence electrons. The topological polar surface area (TPSA) is 44.1 Å². The lowest BCUT2D eigenvalue weighted by molar-refractivity contribution is 0.340. The largest absolute Gasteiger partial charge is 0.494 e. The van der Waals surface area contributed by atoms with Crippen LogP contribution in [0.2, 0.25) is 0 Å². The minimum absolute atomic E-state index is 0.0423.